The molecule has 3 heteroatoms. The Hall–Kier alpha value is -2.47. The van der Waals surface area contributed by atoms with Gasteiger partial charge in [0, 0.05) is 12.2 Å². The van der Waals surface area contributed by atoms with Gasteiger partial charge in [0.2, 0.25) is 0 Å². The van der Waals surface area contributed by atoms with Gasteiger partial charge in [0.05, 0.1) is 11.3 Å². The number of rotatable bonds is 4. The number of nitrogen functional groups attached to an aromatic ring is 1. The van der Waals surface area contributed by atoms with Gasteiger partial charge in [0.15, 0.2) is 0 Å². The van der Waals surface area contributed by atoms with Crippen LogP contribution in [0.3, 0.4) is 0 Å². The van der Waals surface area contributed by atoms with E-state index in [0.29, 0.717) is 11.3 Å². The van der Waals surface area contributed by atoms with Crippen molar-refractivity contribution < 1.29 is 0 Å². The molecule has 0 saturated heterocycles. The van der Waals surface area contributed by atoms with E-state index in [1.165, 1.54) is 11.1 Å². The normalized spacial score (nSPS) is 9.89. The Labute approximate surface area is 113 Å². The highest BCUT2D eigenvalue weighted by Gasteiger charge is 2.02. The zero-order valence-electron chi connectivity index (χ0n) is 11.0. The van der Waals surface area contributed by atoms with Crippen LogP contribution in [-0.4, -0.2) is 6.54 Å². The fourth-order valence-corrected chi connectivity index (χ4v) is 2.02. The topological polar surface area (TPSA) is 61.8 Å². The molecular formula is C16H17N3. The molecule has 19 heavy (non-hydrogen) atoms. The highest BCUT2D eigenvalue weighted by Crippen LogP contribution is 2.17. The van der Waals surface area contributed by atoms with E-state index in [9.17, 15) is 0 Å². The standard InChI is InChI=1S/C16H17N3/c1-12-3-2-4-13(9-12)7-8-19-16-6-5-15(18)10-14(16)11-17/h2-6,9-10,19H,7-8,18H2,1H3. The van der Waals surface area contributed by atoms with Crippen molar-refractivity contribution in [3.05, 3.63) is 59.2 Å². The molecule has 0 radical (unpaired) electrons. The summed E-state index contributed by atoms with van der Waals surface area (Å²) >= 11 is 0. The van der Waals surface area contributed by atoms with Crippen molar-refractivity contribution in [1.82, 2.24) is 0 Å². The smallest absolute Gasteiger partial charge is 0.101 e. The lowest BCUT2D eigenvalue weighted by Crippen LogP contribution is -2.06. The Morgan fingerprint density at radius 1 is 1.21 bits per heavy atom. The summed E-state index contributed by atoms with van der Waals surface area (Å²) < 4.78 is 0. The highest BCUT2D eigenvalue weighted by molar-refractivity contribution is 5.62. The van der Waals surface area contributed by atoms with E-state index in [1.807, 2.05) is 6.07 Å². The summed E-state index contributed by atoms with van der Waals surface area (Å²) in [6, 6.07) is 15.9. The van der Waals surface area contributed by atoms with Crippen LogP contribution in [0.25, 0.3) is 0 Å². The lowest BCUT2D eigenvalue weighted by molar-refractivity contribution is 1.02. The molecule has 2 aromatic carbocycles. The van der Waals surface area contributed by atoms with E-state index in [-0.39, 0.29) is 0 Å². The van der Waals surface area contributed by atoms with E-state index < -0.39 is 0 Å². The number of aryl methyl sites for hydroxylation is 1. The van der Waals surface area contributed by atoms with Gasteiger partial charge in [-0.25, -0.2) is 0 Å². The number of nitriles is 1. The predicted octanol–water partition coefficient (Wildman–Crippen LogP) is 3.10. The van der Waals surface area contributed by atoms with Crippen molar-refractivity contribution in [3.63, 3.8) is 0 Å². The van der Waals surface area contributed by atoms with Crippen molar-refractivity contribution >= 4 is 11.4 Å². The second-order valence-corrected chi connectivity index (χ2v) is 4.58. The van der Waals surface area contributed by atoms with Crippen molar-refractivity contribution in [2.24, 2.45) is 0 Å². The molecule has 0 aromatic heterocycles. The van der Waals surface area contributed by atoms with Gasteiger partial charge in [-0.05, 0) is 37.1 Å². The number of hydrogen-bond acceptors (Lipinski definition) is 3. The first-order valence-electron chi connectivity index (χ1n) is 6.28. The van der Waals surface area contributed by atoms with Gasteiger partial charge >= 0.3 is 0 Å². The van der Waals surface area contributed by atoms with Crippen molar-refractivity contribution in [1.29, 1.82) is 5.26 Å². The second kappa shape index (κ2) is 5.92. The van der Waals surface area contributed by atoms with Gasteiger partial charge in [-0.3, -0.25) is 0 Å². The van der Waals surface area contributed by atoms with Gasteiger partial charge in [-0.2, -0.15) is 5.26 Å². The number of nitrogens with zero attached hydrogens (tertiary/aromatic N) is 1. The van der Waals surface area contributed by atoms with Gasteiger partial charge in [-0.15, -0.1) is 0 Å². The molecule has 3 nitrogen and oxygen atoms in total. The SMILES string of the molecule is Cc1cccc(CCNc2ccc(N)cc2C#N)c1. The molecule has 3 N–H and O–H groups in total. The fraction of sp³-hybridized carbons (Fsp3) is 0.188. The number of nitrogens with two attached hydrogens (primary N) is 1. The summed E-state index contributed by atoms with van der Waals surface area (Å²) in [7, 11) is 0. The maximum atomic E-state index is 9.05. The van der Waals surface area contributed by atoms with Crippen LogP contribution < -0.4 is 11.1 Å². The lowest BCUT2D eigenvalue weighted by atomic mass is 10.1. The Morgan fingerprint density at radius 2 is 2.05 bits per heavy atom. The van der Waals surface area contributed by atoms with E-state index in [0.717, 1.165) is 18.7 Å². The molecule has 0 aliphatic carbocycles. The van der Waals surface area contributed by atoms with E-state index in [4.69, 9.17) is 11.0 Å². The third-order valence-corrected chi connectivity index (χ3v) is 2.98. The molecule has 0 aliphatic rings. The number of nitrogens with one attached hydrogen (secondary N) is 1. The lowest BCUT2D eigenvalue weighted by Gasteiger charge is -2.09. The molecule has 0 fully saturated rings. The van der Waals surface area contributed by atoms with Crippen LogP contribution >= 0.6 is 0 Å². The van der Waals surface area contributed by atoms with Crippen LogP contribution in [0.5, 0.6) is 0 Å². The molecule has 96 valence electrons. The maximum Gasteiger partial charge on any atom is 0.101 e. The van der Waals surface area contributed by atoms with Crippen molar-refractivity contribution in [3.8, 4) is 6.07 Å². The Bertz CT molecular complexity index is 612. The molecule has 0 bridgehead atoms. The largest absolute Gasteiger partial charge is 0.399 e. The Balaban J connectivity index is 1.98. The van der Waals surface area contributed by atoms with Crippen molar-refractivity contribution in [2.45, 2.75) is 13.3 Å². The fourth-order valence-electron chi connectivity index (χ4n) is 2.02. The zero-order chi connectivity index (χ0) is 13.7. The first kappa shape index (κ1) is 13.0. The van der Waals surface area contributed by atoms with Crippen LogP contribution in [0.1, 0.15) is 16.7 Å². The molecule has 0 amide bonds. The Morgan fingerprint density at radius 3 is 2.79 bits per heavy atom. The van der Waals surface area contributed by atoms with Crippen molar-refractivity contribution in [2.75, 3.05) is 17.6 Å². The Kier molecular flexibility index (Phi) is 4.04. The van der Waals surface area contributed by atoms with Crippen LogP contribution in [0.15, 0.2) is 42.5 Å². The minimum Gasteiger partial charge on any atom is -0.399 e. The minimum atomic E-state index is 0.587. The summed E-state index contributed by atoms with van der Waals surface area (Å²) in [4.78, 5) is 0. The third-order valence-electron chi connectivity index (χ3n) is 2.98. The van der Waals surface area contributed by atoms with E-state index >= 15 is 0 Å². The van der Waals surface area contributed by atoms with E-state index in [1.54, 1.807) is 12.1 Å². The zero-order valence-corrected chi connectivity index (χ0v) is 11.0. The van der Waals surface area contributed by atoms with Crippen LogP contribution in [0.2, 0.25) is 0 Å². The summed E-state index contributed by atoms with van der Waals surface area (Å²) in [6.07, 6.45) is 0.928. The number of benzene rings is 2. The first-order chi connectivity index (χ1) is 9.19. The van der Waals surface area contributed by atoms with Gasteiger partial charge in [-0.1, -0.05) is 29.8 Å². The molecule has 0 heterocycles. The molecule has 0 spiro atoms. The first-order valence-corrected chi connectivity index (χ1v) is 6.28. The van der Waals surface area contributed by atoms with Crippen LogP contribution in [0, 0.1) is 18.3 Å². The average Bonchev–Trinajstić information content (AvgIpc) is 2.40. The molecular weight excluding hydrogens is 234 g/mol. The molecule has 2 rings (SSSR count). The predicted molar refractivity (Wildman–Crippen MR) is 78.9 cm³/mol. The number of anilines is 2. The summed E-state index contributed by atoms with van der Waals surface area (Å²) in [5.41, 5.74) is 10.3. The second-order valence-electron chi connectivity index (χ2n) is 4.58. The number of hydrogen-bond donors (Lipinski definition) is 2. The van der Waals surface area contributed by atoms with Gasteiger partial charge in [0.1, 0.15) is 6.07 Å². The van der Waals surface area contributed by atoms with Crippen LogP contribution in [0.4, 0.5) is 11.4 Å². The highest BCUT2D eigenvalue weighted by atomic mass is 14.9. The average molecular weight is 251 g/mol. The summed E-state index contributed by atoms with van der Waals surface area (Å²) in [5, 5.41) is 12.3. The third kappa shape index (κ3) is 3.49. The van der Waals surface area contributed by atoms with Crippen LogP contribution in [-0.2, 0) is 6.42 Å². The maximum absolute atomic E-state index is 9.05. The molecule has 0 atom stereocenters. The van der Waals surface area contributed by atoms with Gasteiger partial charge < -0.3 is 11.1 Å². The summed E-state index contributed by atoms with van der Waals surface area (Å²) in [6.45, 7) is 2.88. The molecule has 0 saturated carbocycles. The van der Waals surface area contributed by atoms with E-state index in [2.05, 4.69) is 42.6 Å². The summed E-state index contributed by atoms with van der Waals surface area (Å²) in [5.74, 6) is 0. The minimum absolute atomic E-state index is 0.587. The molecule has 0 aliphatic heterocycles. The van der Waals surface area contributed by atoms with Gasteiger partial charge in [0.25, 0.3) is 0 Å². The quantitative estimate of drug-likeness (QED) is 0.821. The molecule has 0 unspecified atom stereocenters. The molecule has 2 aromatic rings. The monoisotopic (exact) mass is 251 g/mol.